The Morgan fingerprint density at radius 3 is 2.20 bits per heavy atom. The Balaban J connectivity index is 3.76. The molecule has 0 heterocycles. The summed E-state index contributed by atoms with van der Waals surface area (Å²) in [4.78, 5) is 2.56. The van der Waals surface area contributed by atoms with Crippen LogP contribution >= 0.6 is 0 Å². The molecule has 0 aromatic heterocycles. The van der Waals surface area contributed by atoms with Gasteiger partial charge in [-0.15, -0.1) is 0 Å². The maximum Gasteiger partial charge on any atom is 0.0166 e. The van der Waals surface area contributed by atoms with Crippen LogP contribution in [0.15, 0.2) is 0 Å². The van der Waals surface area contributed by atoms with Crippen molar-refractivity contribution in [2.24, 2.45) is 5.92 Å². The minimum atomic E-state index is 0.619. The van der Waals surface area contributed by atoms with E-state index in [0.717, 1.165) is 12.5 Å². The van der Waals surface area contributed by atoms with Crippen LogP contribution in [0.4, 0.5) is 0 Å². The first-order chi connectivity index (χ1) is 7.13. The van der Waals surface area contributed by atoms with Crippen molar-refractivity contribution in [2.45, 2.75) is 53.5 Å². The molecule has 1 N–H and O–H groups in total. The Kier molecular flexibility index (Phi) is 9.12. The summed E-state index contributed by atoms with van der Waals surface area (Å²) >= 11 is 0. The number of nitrogens with one attached hydrogen (secondary N) is 1. The fourth-order valence-corrected chi connectivity index (χ4v) is 1.75. The van der Waals surface area contributed by atoms with Crippen molar-refractivity contribution in [3.05, 3.63) is 0 Å². The largest absolute Gasteiger partial charge is 0.313 e. The van der Waals surface area contributed by atoms with E-state index in [-0.39, 0.29) is 0 Å². The molecule has 0 amide bonds. The molecule has 0 spiro atoms. The molecule has 2 unspecified atom stereocenters. The average molecular weight is 214 g/mol. The van der Waals surface area contributed by atoms with Gasteiger partial charge in [0.05, 0.1) is 0 Å². The smallest absolute Gasteiger partial charge is 0.0166 e. The summed E-state index contributed by atoms with van der Waals surface area (Å²) in [7, 11) is 0. The summed E-state index contributed by atoms with van der Waals surface area (Å²) in [5.74, 6) is 0.823. The van der Waals surface area contributed by atoms with Gasteiger partial charge in [0, 0.05) is 19.1 Å². The molecule has 2 nitrogen and oxygen atoms in total. The monoisotopic (exact) mass is 214 g/mol. The molecule has 2 heteroatoms. The molecule has 92 valence electrons. The second kappa shape index (κ2) is 9.17. The van der Waals surface area contributed by atoms with E-state index in [0.29, 0.717) is 6.04 Å². The van der Waals surface area contributed by atoms with E-state index in [4.69, 9.17) is 0 Å². The maximum absolute atomic E-state index is 3.55. The minimum absolute atomic E-state index is 0.619. The molecule has 15 heavy (non-hydrogen) atoms. The van der Waals surface area contributed by atoms with E-state index in [1.165, 1.54) is 32.5 Å². The van der Waals surface area contributed by atoms with Crippen LogP contribution in [-0.2, 0) is 0 Å². The first kappa shape index (κ1) is 14.9. The number of rotatable bonds is 9. The molecule has 0 bridgehead atoms. The third-order valence-corrected chi connectivity index (χ3v) is 2.99. The van der Waals surface area contributed by atoms with Crippen LogP contribution in [0, 0.1) is 5.92 Å². The van der Waals surface area contributed by atoms with Gasteiger partial charge in [-0.1, -0.05) is 34.1 Å². The summed E-state index contributed by atoms with van der Waals surface area (Å²) in [6.45, 7) is 16.1. The Bertz CT molecular complexity index is 136. The van der Waals surface area contributed by atoms with Crippen molar-refractivity contribution in [2.75, 3.05) is 26.2 Å². The zero-order chi connectivity index (χ0) is 11.7. The van der Waals surface area contributed by atoms with Crippen LogP contribution in [0.3, 0.4) is 0 Å². The van der Waals surface area contributed by atoms with Crippen molar-refractivity contribution in [3.8, 4) is 0 Å². The quantitative estimate of drug-likeness (QED) is 0.635. The minimum Gasteiger partial charge on any atom is -0.313 e. The second-order valence-electron chi connectivity index (χ2n) is 4.72. The highest BCUT2D eigenvalue weighted by molar-refractivity contribution is 4.68. The highest BCUT2D eigenvalue weighted by Gasteiger charge is 2.10. The van der Waals surface area contributed by atoms with Gasteiger partial charge in [-0.05, 0) is 32.4 Å². The Labute approximate surface area is 96.4 Å². The molecule has 0 aliphatic rings. The topological polar surface area (TPSA) is 15.3 Å². The first-order valence-electron chi connectivity index (χ1n) is 6.59. The van der Waals surface area contributed by atoms with Crippen molar-refractivity contribution < 1.29 is 0 Å². The first-order valence-corrected chi connectivity index (χ1v) is 6.59. The van der Waals surface area contributed by atoms with E-state index in [1.54, 1.807) is 0 Å². The summed E-state index contributed by atoms with van der Waals surface area (Å²) in [6, 6.07) is 0.619. The highest BCUT2D eigenvalue weighted by Crippen LogP contribution is 2.04. The van der Waals surface area contributed by atoms with Crippen LogP contribution in [0.1, 0.15) is 47.5 Å². The molecule has 0 aliphatic carbocycles. The molecule has 0 saturated carbocycles. The van der Waals surface area contributed by atoms with Crippen molar-refractivity contribution in [3.63, 3.8) is 0 Å². The van der Waals surface area contributed by atoms with E-state index < -0.39 is 0 Å². The SMILES string of the molecule is CCCNC(C)CN(CC)CC(C)CC. The molecule has 0 aromatic rings. The van der Waals surface area contributed by atoms with Crippen LogP contribution in [0.25, 0.3) is 0 Å². The van der Waals surface area contributed by atoms with Crippen molar-refractivity contribution in [1.29, 1.82) is 0 Å². The second-order valence-corrected chi connectivity index (χ2v) is 4.72. The third-order valence-electron chi connectivity index (χ3n) is 2.99. The summed E-state index contributed by atoms with van der Waals surface area (Å²) in [5.41, 5.74) is 0. The summed E-state index contributed by atoms with van der Waals surface area (Å²) in [5, 5.41) is 3.55. The lowest BCUT2D eigenvalue weighted by molar-refractivity contribution is 0.224. The van der Waals surface area contributed by atoms with Crippen LogP contribution in [-0.4, -0.2) is 37.1 Å². The molecule has 0 saturated heterocycles. The predicted molar refractivity (Wildman–Crippen MR) is 69.3 cm³/mol. The standard InChI is InChI=1S/C13H30N2/c1-6-9-14-13(5)11-15(8-3)10-12(4)7-2/h12-14H,6-11H2,1-5H3. The number of nitrogens with zero attached hydrogens (tertiary/aromatic N) is 1. The third kappa shape index (κ3) is 7.80. The molecular weight excluding hydrogens is 184 g/mol. The lowest BCUT2D eigenvalue weighted by Crippen LogP contribution is -2.41. The zero-order valence-corrected chi connectivity index (χ0v) is 11.3. The van der Waals surface area contributed by atoms with E-state index in [1.807, 2.05) is 0 Å². The van der Waals surface area contributed by atoms with Gasteiger partial charge in [-0.2, -0.15) is 0 Å². The molecule has 0 aromatic carbocycles. The number of hydrogen-bond acceptors (Lipinski definition) is 2. The van der Waals surface area contributed by atoms with Crippen LogP contribution < -0.4 is 5.32 Å². The normalized spacial score (nSPS) is 15.6. The molecule has 0 aliphatic heterocycles. The van der Waals surface area contributed by atoms with Gasteiger partial charge < -0.3 is 10.2 Å². The molecule has 0 radical (unpaired) electrons. The summed E-state index contributed by atoms with van der Waals surface area (Å²) in [6.07, 6.45) is 2.51. The Morgan fingerprint density at radius 1 is 1.07 bits per heavy atom. The van der Waals surface area contributed by atoms with Gasteiger partial charge in [0.25, 0.3) is 0 Å². The predicted octanol–water partition coefficient (Wildman–Crippen LogP) is 2.74. The Morgan fingerprint density at radius 2 is 1.73 bits per heavy atom. The van der Waals surface area contributed by atoms with Crippen LogP contribution in [0.5, 0.6) is 0 Å². The molecule has 2 atom stereocenters. The van der Waals surface area contributed by atoms with Gasteiger partial charge in [0.1, 0.15) is 0 Å². The van der Waals surface area contributed by atoms with Crippen molar-refractivity contribution >= 4 is 0 Å². The van der Waals surface area contributed by atoms with Crippen molar-refractivity contribution in [1.82, 2.24) is 10.2 Å². The van der Waals surface area contributed by atoms with Gasteiger partial charge in [-0.3, -0.25) is 0 Å². The van der Waals surface area contributed by atoms with E-state index >= 15 is 0 Å². The van der Waals surface area contributed by atoms with Crippen LogP contribution in [0.2, 0.25) is 0 Å². The molecule has 0 rings (SSSR count). The molecular formula is C13H30N2. The Hall–Kier alpha value is -0.0800. The zero-order valence-electron chi connectivity index (χ0n) is 11.3. The van der Waals surface area contributed by atoms with E-state index in [9.17, 15) is 0 Å². The summed E-state index contributed by atoms with van der Waals surface area (Å²) < 4.78 is 0. The van der Waals surface area contributed by atoms with E-state index in [2.05, 4.69) is 44.8 Å². The fraction of sp³-hybridized carbons (Fsp3) is 1.00. The fourth-order valence-electron chi connectivity index (χ4n) is 1.75. The average Bonchev–Trinajstić information content (AvgIpc) is 2.25. The van der Waals surface area contributed by atoms with Gasteiger partial charge in [0.15, 0.2) is 0 Å². The molecule has 0 fully saturated rings. The maximum atomic E-state index is 3.55. The van der Waals surface area contributed by atoms with Gasteiger partial charge in [0.2, 0.25) is 0 Å². The van der Waals surface area contributed by atoms with Gasteiger partial charge in [-0.25, -0.2) is 0 Å². The number of likely N-dealkylation sites (N-methyl/N-ethyl adjacent to an activating group) is 1. The lowest BCUT2D eigenvalue weighted by Gasteiger charge is -2.27. The highest BCUT2D eigenvalue weighted by atomic mass is 15.1. The lowest BCUT2D eigenvalue weighted by atomic mass is 10.1. The van der Waals surface area contributed by atoms with Gasteiger partial charge >= 0.3 is 0 Å². The number of hydrogen-bond donors (Lipinski definition) is 1.